The number of ketones is 1. The molecular formula is C21H39N5O8S4. The van der Waals surface area contributed by atoms with E-state index in [9.17, 15) is 34.2 Å². The van der Waals surface area contributed by atoms with Crippen LogP contribution < -0.4 is 10.6 Å². The summed E-state index contributed by atoms with van der Waals surface area (Å²) in [6.07, 6.45) is 0. The van der Waals surface area contributed by atoms with Crippen molar-refractivity contribution in [3.05, 3.63) is 0 Å². The Labute approximate surface area is 239 Å². The van der Waals surface area contributed by atoms with Crippen LogP contribution >= 0.6 is 43.2 Å². The van der Waals surface area contributed by atoms with Gasteiger partial charge in [0.05, 0.1) is 37.8 Å². The highest BCUT2D eigenvalue weighted by molar-refractivity contribution is 8.85. The number of hydrogen-bond donors (Lipinski definition) is 5. The van der Waals surface area contributed by atoms with Gasteiger partial charge in [-0.15, -0.1) is 0 Å². The first-order chi connectivity index (χ1) is 18.0. The number of Topliss-reactive ketones (excluding diaryl/α,β-unsaturated/α-hetero) is 1. The Morgan fingerprint density at radius 2 is 1.08 bits per heavy atom. The van der Waals surface area contributed by atoms with Gasteiger partial charge < -0.3 is 26.0 Å². The maximum Gasteiger partial charge on any atom is 0.317 e. The van der Waals surface area contributed by atoms with Gasteiger partial charge in [0.15, 0.2) is 0 Å². The molecule has 0 aliphatic heterocycles. The zero-order valence-corrected chi connectivity index (χ0v) is 25.0. The van der Waals surface area contributed by atoms with Crippen molar-refractivity contribution in [3.63, 3.8) is 0 Å². The molecule has 0 saturated heterocycles. The van der Waals surface area contributed by atoms with Crippen LogP contribution in [0.1, 0.15) is 6.92 Å². The maximum absolute atomic E-state index is 12.3. The average Bonchev–Trinajstić information content (AvgIpc) is 2.80. The molecule has 0 aliphatic carbocycles. The fourth-order valence-corrected chi connectivity index (χ4v) is 8.25. The molecule has 220 valence electrons. The molecule has 0 atom stereocenters. The van der Waals surface area contributed by atoms with E-state index in [0.717, 1.165) is 17.4 Å². The number of amides is 1. The fraction of sp³-hybridized carbons (Fsp3) is 0.762. The van der Waals surface area contributed by atoms with Crippen LogP contribution in [0.15, 0.2) is 0 Å². The molecule has 0 fully saturated rings. The van der Waals surface area contributed by atoms with Crippen LogP contribution in [0.25, 0.3) is 0 Å². The lowest BCUT2D eigenvalue weighted by molar-refractivity contribution is -0.141. The van der Waals surface area contributed by atoms with E-state index in [4.69, 9.17) is 5.11 Å². The summed E-state index contributed by atoms with van der Waals surface area (Å²) in [5.74, 6) is -2.13. The summed E-state index contributed by atoms with van der Waals surface area (Å²) in [4.78, 5) is 61.7. The summed E-state index contributed by atoms with van der Waals surface area (Å²) >= 11 is 0. The highest BCUT2D eigenvalue weighted by Crippen LogP contribution is 2.31. The standard InChI is InChI=1S/C21H39N5O8S4/c1-17(27)11-25(14-20(31)32)7-5-24(13-19(29)30)6-8-26(15-21(33)34)12-18(28)23-4-10-36-38-16-37-35-9-3-22-2/h22H,3-16H2,1-2H3,(H,23,28)(H,29,30)(H,31,32)(H,33,34). The zero-order valence-electron chi connectivity index (χ0n) is 21.8. The summed E-state index contributed by atoms with van der Waals surface area (Å²) in [6, 6.07) is 0. The van der Waals surface area contributed by atoms with Crippen molar-refractivity contribution in [1.82, 2.24) is 25.3 Å². The Bertz CT molecular complexity index is 722. The maximum atomic E-state index is 12.3. The Morgan fingerprint density at radius 1 is 0.632 bits per heavy atom. The molecule has 0 saturated carbocycles. The Morgan fingerprint density at radius 3 is 1.55 bits per heavy atom. The number of aliphatic carboxylic acids is 3. The van der Waals surface area contributed by atoms with Gasteiger partial charge in [-0.2, -0.15) is 0 Å². The van der Waals surface area contributed by atoms with Gasteiger partial charge in [0.25, 0.3) is 0 Å². The van der Waals surface area contributed by atoms with E-state index < -0.39 is 24.5 Å². The molecular weight excluding hydrogens is 579 g/mol. The predicted octanol–water partition coefficient (Wildman–Crippen LogP) is -0.209. The first kappa shape index (κ1) is 36.8. The number of rotatable bonds is 26. The molecule has 0 aliphatic rings. The normalized spacial score (nSPS) is 11.3. The number of nitrogens with one attached hydrogen (secondary N) is 2. The minimum Gasteiger partial charge on any atom is -0.480 e. The Kier molecular flexibility index (Phi) is 22.9. The quantitative estimate of drug-likeness (QED) is 0.0488. The zero-order chi connectivity index (χ0) is 28.8. The van der Waals surface area contributed by atoms with Crippen LogP contribution in [0.2, 0.25) is 0 Å². The van der Waals surface area contributed by atoms with Gasteiger partial charge in [-0.25, -0.2) is 0 Å². The van der Waals surface area contributed by atoms with Crippen molar-refractivity contribution < 1.29 is 39.3 Å². The van der Waals surface area contributed by atoms with Crippen molar-refractivity contribution in [2.45, 2.75) is 6.92 Å². The molecule has 38 heavy (non-hydrogen) atoms. The van der Waals surface area contributed by atoms with Gasteiger partial charge in [-0.1, -0.05) is 43.2 Å². The average molecular weight is 618 g/mol. The summed E-state index contributed by atoms with van der Waals surface area (Å²) in [5, 5.41) is 34.3. The van der Waals surface area contributed by atoms with Crippen LogP contribution in [-0.2, 0) is 24.0 Å². The number of carboxylic acids is 3. The van der Waals surface area contributed by atoms with Gasteiger partial charge in [-0.3, -0.25) is 38.7 Å². The SMILES string of the molecule is CNCCSSCSSCCNC(=O)CN(CCN(CCN(CC(C)=O)CC(=O)O)CC(=O)O)CC(=O)O. The van der Waals surface area contributed by atoms with Gasteiger partial charge in [0.1, 0.15) is 5.78 Å². The molecule has 0 aromatic carbocycles. The van der Waals surface area contributed by atoms with Crippen molar-refractivity contribution in [2.75, 3.05) is 95.6 Å². The monoisotopic (exact) mass is 617 g/mol. The van der Waals surface area contributed by atoms with E-state index in [2.05, 4.69) is 10.6 Å². The summed E-state index contributed by atoms with van der Waals surface area (Å²) < 4.78 is 0. The summed E-state index contributed by atoms with van der Waals surface area (Å²) in [5.41, 5.74) is 0. The number of nitrogens with zero attached hydrogens (tertiary/aromatic N) is 3. The lowest BCUT2D eigenvalue weighted by atomic mass is 10.3. The largest absolute Gasteiger partial charge is 0.480 e. The van der Waals surface area contributed by atoms with Gasteiger partial charge in [-0.05, 0) is 14.0 Å². The number of carbonyl (C=O) groups excluding carboxylic acids is 2. The van der Waals surface area contributed by atoms with Crippen molar-refractivity contribution >= 4 is 72.8 Å². The third kappa shape index (κ3) is 23.9. The van der Waals surface area contributed by atoms with E-state index >= 15 is 0 Å². The third-order valence-corrected chi connectivity index (χ3v) is 10.1. The molecule has 0 unspecified atom stereocenters. The first-order valence-corrected chi connectivity index (χ1v) is 16.7. The molecule has 0 radical (unpaired) electrons. The van der Waals surface area contributed by atoms with E-state index in [1.165, 1.54) is 21.6 Å². The molecule has 13 nitrogen and oxygen atoms in total. The molecule has 17 heteroatoms. The van der Waals surface area contributed by atoms with Gasteiger partial charge in [0.2, 0.25) is 5.91 Å². The molecule has 0 aromatic heterocycles. The topological polar surface area (TPSA) is 180 Å². The van der Waals surface area contributed by atoms with Crippen LogP contribution in [0.3, 0.4) is 0 Å². The van der Waals surface area contributed by atoms with Crippen LogP contribution in [0.5, 0.6) is 0 Å². The summed E-state index contributed by atoms with van der Waals surface area (Å²) in [7, 11) is 8.84. The fourth-order valence-electron chi connectivity index (χ4n) is 2.99. The number of carbonyl (C=O) groups is 5. The first-order valence-electron chi connectivity index (χ1n) is 11.8. The van der Waals surface area contributed by atoms with E-state index in [0.29, 0.717) is 12.3 Å². The molecule has 0 rings (SSSR count). The summed E-state index contributed by atoms with van der Waals surface area (Å²) in [6.45, 7) is 1.95. The highest BCUT2D eigenvalue weighted by atomic mass is 33.1. The van der Waals surface area contributed by atoms with E-state index in [-0.39, 0.29) is 64.0 Å². The molecule has 0 aromatic rings. The van der Waals surface area contributed by atoms with Gasteiger partial charge in [0, 0.05) is 50.8 Å². The van der Waals surface area contributed by atoms with Crippen LogP contribution in [0.4, 0.5) is 0 Å². The highest BCUT2D eigenvalue weighted by Gasteiger charge is 2.19. The Balaban J connectivity index is 4.60. The lowest BCUT2D eigenvalue weighted by Crippen LogP contribution is -2.46. The third-order valence-electron chi connectivity index (χ3n) is 4.56. The smallest absolute Gasteiger partial charge is 0.317 e. The second kappa shape index (κ2) is 23.7. The van der Waals surface area contributed by atoms with Gasteiger partial charge >= 0.3 is 17.9 Å². The predicted molar refractivity (Wildman–Crippen MR) is 155 cm³/mol. The Hall–Kier alpha value is -1.21. The van der Waals surface area contributed by atoms with Crippen LogP contribution in [0, 0.1) is 0 Å². The second-order valence-corrected chi connectivity index (χ2v) is 13.6. The molecule has 0 spiro atoms. The van der Waals surface area contributed by atoms with Crippen molar-refractivity contribution in [2.24, 2.45) is 0 Å². The lowest BCUT2D eigenvalue weighted by Gasteiger charge is -2.27. The molecule has 1 amide bonds. The number of hydrogen-bond acceptors (Lipinski definition) is 13. The van der Waals surface area contributed by atoms with Crippen LogP contribution in [-0.4, -0.2) is 155 Å². The van der Waals surface area contributed by atoms with E-state index in [1.54, 1.807) is 43.2 Å². The van der Waals surface area contributed by atoms with E-state index in [1.807, 2.05) is 7.05 Å². The number of carboxylic acid groups (broad SMARTS) is 3. The van der Waals surface area contributed by atoms with Crippen molar-refractivity contribution in [1.29, 1.82) is 0 Å². The molecule has 0 heterocycles. The second-order valence-electron chi connectivity index (χ2n) is 8.03. The minimum atomic E-state index is -1.12. The van der Waals surface area contributed by atoms with Crippen molar-refractivity contribution in [3.8, 4) is 0 Å². The minimum absolute atomic E-state index is 0.0796. The molecule has 5 N–H and O–H groups in total. The molecule has 0 bridgehead atoms.